The number of nitrogens with one attached hydrogen (secondary N) is 1. The zero-order chi connectivity index (χ0) is 14.5. The number of amides is 1. The van der Waals surface area contributed by atoms with Crippen LogP contribution in [0, 0.1) is 0 Å². The molecule has 1 aromatic rings. The van der Waals surface area contributed by atoms with Gasteiger partial charge >= 0.3 is 0 Å². The molecule has 5 nitrogen and oxygen atoms in total. The molecule has 0 radical (unpaired) electrons. The third-order valence-corrected chi connectivity index (χ3v) is 3.70. The van der Waals surface area contributed by atoms with E-state index in [4.69, 9.17) is 0 Å². The summed E-state index contributed by atoms with van der Waals surface area (Å²) >= 11 is 0. The molecule has 1 saturated heterocycles. The van der Waals surface area contributed by atoms with E-state index >= 15 is 0 Å². The van der Waals surface area contributed by atoms with Crippen molar-refractivity contribution < 1.29 is 9.90 Å². The van der Waals surface area contributed by atoms with Crippen molar-refractivity contribution in [3.63, 3.8) is 0 Å². The second-order valence-electron chi connectivity index (χ2n) is 5.57. The summed E-state index contributed by atoms with van der Waals surface area (Å²) in [6.45, 7) is 5.65. The Morgan fingerprint density at radius 3 is 2.95 bits per heavy atom. The lowest BCUT2D eigenvalue weighted by molar-refractivity contribution is 0.0667. The largest absolute Gasteiger partial charge is 0.505 e. The lowest BCUT2D eigenvalue weighted by Gasteiger charge is -2.33. The highest BCUT2D eigenvalue weighted by Crippen LogP contribution is 2.18. The Labute approximate surface area is 120 Å². The van der Waals surface area contributed by atoms with Crippen LogP contribution in [0.4, 0.5) is 0 Å². The predicted molar refractivity (Wildman–Crippen MR) is 77.7 cm³/mol. The van der Waals surface area contributed by atoms with Crippen molar-refractivity contribution in [2.45, 2.75) is 45.2 Å². The number of carbonyl (C=O) groups is 1. The van der Waals surface area contributed by atoms with E-state index in [1.54, 1.807) is 11.0 Å². The smallest absolute Gasteiger partial charge is 0.276 e. The molecule has 1 amide bonds. The molecule has 0 aliphatic carbocycles. The van der Waals surface area contributed by atoms with Crippen LogP contribution in [-0.2, 0) is 0 Å². The predicted octanol–water partition coefficient (Wildman–Crippen LogP) is 1.78. The molecule has 2 rings (SSSR count). The van der Waals surface area contributed by atoms with Crippen molar-refractivity contribution in [3.05, 3.63) is 24.0 Å². The molecular formula is C15H23N3O2. The van der Waals surface area contributed by atoms with Crippen molar-refractivity contribution in [1.82, 2.24) is 15.2 Å². The van der Waals surface area contributed by atoms with Crippen LogP contribution in [0.25, 0.3) is 0 Å². The van der Waals surface area contributed by atoms with Crippen LogP contribution in [0.5, 0.6) is 5.75 Å². The van der Waals surface area contributed by atoms with E-state index in [0.717, 1.165) is 13.0 Å². The molecule has 5 heteroatoms. The molecule has 0 spiro atoms. The van der Waals surface area contributed by atoms with Gasteiger partial charge in [0, 0.05) is 24.8 Å². The van der Waals surface area contributed by atoms with Crippen molar-refractivity contribution in [2.24, 2.45) is 0 Å². The maximum Gasteiger partial charge on any atom is 0.276 e. The Kier molecular flexibility index (Phi) is 4.95. The second kappa shape index (κ2) is 6.70. The quantitative estimate of drug-likeness (QED) is 0.880. The molecule has 110 valence electrons. The van der Waals surface area contributed by atoms with E-state index in [-0.39, 0.29) is 23.4 Å². The maximum atomic E-state index is 12.6. The molecule has 1 aliphatic heterocycles. The molecule has 1 aliphatic rings. The van der Waals surface area contributed by atoms with Crippen LogP contribution in [0.15, 0.2) is 18.3 Å². The average molecular weight is 277 g/mol. The Hall–Kier alpha value is -1.62. The minimum Gasteiger partial charge on any atom is -0.505 e. The fraction of sp³-hybridized carbons (Fsp3) is 0.600. The normalized spacial score (nSPS) is 19.1. The SMILES string of the molecule is CC(C)N(CC1CCCCN1)C(=O)c1ncccc1O. The van der Waals surface area contributed by atoms with Crippen molar-refractivity contribution >= 4 is 5.91 Å². The lowest BCUT2D eigenvalue weighted by atomic mass is 10.0. The summed E-state index contributed by atoms with van der Waals surface area (Å²) in [5, 5.41) is 13.2. The van der Waals surface area contributed by atoms with Gasteiger partial charge in [0.2, 0.25) is 0 Å². The summed E-state index contributed by atoms with van der Waals surface area (Å²) in [5.74, 6) is -0.259. The van der Waals surface area contributed by atoms with Crippen LogP contribution in [0.1, 0.15) is 43.6 Å². The van der Waals surface area contributed by atoms with Gasteiger partial charge in [-0.25, -0.2) is 4.98 Å². The first-order valence-electron chi connectivity index (χ1n) is 7.28. The van der Waals surface area contributed by atoms with Crippen LogP contribution >= 0.6 is 0 Å². The number of aromatic hydroxyl groups is 1. The molecule has 0 bridgehead atoms. The first-order valence-corrected chi connectivity index (χ1v) is 7.28. The molecule has 1 atom stereocenters. The molecular weight excluding hydrogens is 254 g/mol. The van der Waals surface area contributed by atoms with Crippen LogP contribution in [0.2, 0.25) is 0 Å². The van der Waals surface area contributed by atoms with Gasteiger partial charge < -0.3 is 15.3 Å². The highest BCUT2D eigenvalue weighted by atomic mass is 16.3. The van der Waals surface area contributed by atoms with Gasteiger partial charge in [-0.1, -0.05) is 6.42 Å². The zero-order valence-electron chi connectivity index (χ0n) is 12.2. The first kappa shape index (κ1) is 14.8. The third kappa shape index (κ3) is 3.48. The zero-order valence-corrected chi connectivity index (χ0v) is 12.2. The number of carbonyl (C=O) groups excluding carboxylic acids is 1. The van der Waals surface area contributed by atoms with Gasteiger partial charge in [-0.3, -0.25) is 4.79 Å². The van der Waals surface area contributed by atoms with E-state index in [9.17, 15) is 9.90 Å². The van der Waals surface area contributed by atoms with Crippen LogP contribution < -0.4 is 5.32 Å². The fourth-order valence-corrected chi connectivity index (χ4v) is 2.54. The molecule has 1 aromatic heterocycles. The molecule has 2 heterocycles. The maximum absolute atomic E-state index is 12.6. The van der Waals surface area contributed by atoms with E-state index in [1.165, 1.54) is 25.1 Å². The Balaban J connectivity index is 2.11. The van der Waals surface area contributed by atoms with Gasteiger partial charge in [0.05, 0.1) is 0 Å². The summed E-state index contributed by atoms with van der Waals surface area (Å²) < 4.78 is 0. The molecule has 0 aromatic carbocycles. The van der Waals surface area contributed by atoms with Gasteiger partial charge in [-0.05, 0) is 45.4 Å². The Morgan fingerprint density at radius 2 is 2.35 bits per heavy atom. The van der Waals surface area contributed by atoms with Crippen molar-refractivity contribution in [2.75, 3.05) is 13.1 Å². The summed E-state index contributed by atoms with van der Waals surface area (Å²) in [6.07, 6.45) is 5.02. The molecule has 1 unspecified atom stereocenters. The van der Waals surface area contributed by atoms with Crippen LogP contribution in [-0.4, -0.2) is 46.1 Å². The lowest BCUT2D eigenvalue weighted by Crippen LogP contribution is -2.48. The van der Waals surface area contributed by atoms with E-state index < -0.39 is 0 Å². The fourth-order valence-electron chi connectivity index (χ4n) is 2.54. The highest BCUT2D eigenvalue weighted by molar-refractivity contribution is 5.95. The topological polar surface area (TPSA) is 65.5 Å². The summed E-state index contributed by atoms with van der Waals surface area (Å²) in [4.78, 5) is 18.4. The third-order valence-electron chi connectivity index (χ3n) is 3.70. The van der Waals surface area contributed by atoms with E-state index in [2.05, 4.69) is 10.3 Å². The van der Waals surface area contributed by atoms with Gasteiger partial charge in [0.15, 0.2) is 5.69 Å². The van der Waals surface area contributed by atoms with Gasteiger partial charge in [-0.2, -0.15) is 0 Å². The molecule has 0 saturated carbocycles. The molecule has 1 fully saturated rings. The number of aromatic nitrogens is 1. The minimum absolute atomic E-state index is 0.0558. The van der Waals surface area contributed by atoms with Gasteiger partial charge in [0.1, 0.15) is 5.75 Å². The minimum atomic E-state index is -0.203. The molecule has 2 N–H and O–H groups in total. The number of rotatable bonds is 4. The van der Waals surface area contributed by atoms with Crippen molar-refractivity contribution in [1.29, 1.82) is 0 Å². The number of pyridine rings is 1. The van der Waals surface area contributed by atoms with E-state index in [1.807, 2.05) is 13.8 Å². The number of hydrogen-bond donors (Lipinski definition) is 2. The van der Waals surface area contributed by atoms with Crippen LogP contribution in [0.3, 0.4) is 0 Å². The first-order chi connectivity index (χ1) is 9.59. The number of nitrogens with zero attached hydrogens (tertiary/aromatic N) is 2. The van der Waals surface area contributed by atoms with Gasteiger partial charge in [0.25, 0.3) is 5.91 Å². The number of piperidine rings is 1. The summed E-state index contributed by atoms with van der Waals surface area (Å²) in [5.41, 5.74) is 0.136. The van der Waals surface area contributed by atoms with Gasteiger partial charge in [-0.15, -0.1) is 0 Å². The van der Waals surface area contributed by atoms with Crippen molar-refractivity contribution in [3.8, 4) is 5.75 Å². The summed E-state index contributed by atoms with van der Waals surface area (Å²) in [6, 6.07) is 3.53. The standard InChI is InChI=1S/C15H23N3O2/c1-11(2)18(10-12-6-3-4-8-16-12)15(20)14-13(19)7-5-9-17-14/h5,7,9,11-12,16,19H,3-4,6,8,10H2,1-2H3. The highest BCUT2D eigenvalue weighted by Gasteiger charge is 2.26. The second-order valence-corrected chi connectivity index (χ2v) is 5.57. The average Bonchev–Trinajstić information content (AvgIpc) is 2.45. The Bertz CT molecular complexity index is 456. The summed E-state index contributed by atoms with van der Waals surface area (Å²) in [7, 11) is 0. The monoisotopic (exact) mass is 277 g/mol. The molecule has 20 heavy (non-hydrogen) atoms. The number of hydrogen-bond acceptors (Lipinski definition) is 4. The Morgan fingerprint density at radius 1 is 1.55 bits per heavy atom. The van der Waals surface area contributed by atoms with E-state index in [0.29, 0.717) is 12.6 Å².